The molecule has 3 aromatic heterocycles. The monoisotopic (exact) mass is 335 g/mol. The number of imidazole rings is 1. The van der Waals surface area contributed by atoms with Gasteiger partial charge in [-0.05, 0) is 39.0 Å². The van der Waals surface area contributed by atoms with Crippen LogP contribution in [0.15, 0.2) is 34.9 Å². The fourth-order valence-electron chi connectivity index (χ4n) is 3.06. The first-order valence-electron chi connectivity index (χ1n) is 8.08. The van der Waals surface area contributed by atoms with Crippen molar-refractivity contribution in [1.29, 1.82) is 0 Å². The molecule has 7 nitrogen and oxygen atoms in total. The lowest BCUT2D eigenvalue weighted by molar-refractivity contribution is 0.102. The fraction of sp³-hybridized carbons (Fsp3) is 0.222. The van der Waals surface area contributed by atoms with Gasteiger partial charge in [0.25, 0.3) is 11.6 Å². The minimum absolute atomic E-state index is 0.258. The van der Waals surface area contributed by atoms with Crippen molar-refractivity contribution in [3.63, 3.8) is 0 Å². The Morgan fingerprint density at radius 2 is 2.04 bits per heavy atom. The number of carbonyl (C=O) groups is 1. The summed E-state index contributed by atoms with van der Waals surface area (Å²) in [5.74, 6) is 0.261. The molecule has 25 heavy (non-hydrogen) atoms. The van der Waals surface area contributed by atoms with Crippen molar-refractivity contribution < 1.29 is 9.32 Å². The second kappa shape index (κ2) is 5.70. The van der Waals surface area contributed by atoms with Gasteiger partial charge >= 0.3 is 0 Å². The normalized spacial score (nSPS) is 11.3. The van der Waals surface area contributed by atoms with Gasteiger partial charge in [-0.1, -0.05) is 17.3 Å². The SMILES string of the molecule is CCn1c(NC(=O)c2cc(C)nc3onc(C)c23)nc2ccccc21. The number of rotatable bonds is 3. The molecule has 4 rings (SSSR count). The maximum Gasteiger partial charge on any atom is 0.258 e. The van der Waals surface area contributed by atoms with Gasteiger partial charge < -0.3 is 9.09 Å². The van der Waals surface area contributed by atoms with Crippen molar-refractivity contribution in [2.24, 2.45) is 0 Å². The summed E-state index contributed by atoms with van der Waals surface area (Å²) in [5.41, 5.74) is 4.01. The van der Waals surface area contributed by atoms with Gasteiger partial charge in [0.15, 0.2) is 0 Å². The zero-order chi connectivity index (χ0) is 17.6. The maximum absolute atomic E-state index is 12.9. The number of aromatic nitrogens is 4. The quantitative estimate of drug-likeness (QED) is 0.619. The molecule has 4 aromatic rings. The Bertz CT molecular complexity index is 1110. The largest absolute Gasteiger partial charge is 0.336 e. The van der Waals surface area contributed by atoms with Crippen LogP contribution in [-0.4, -0.2) is 25.6 Å². The highest BCUT2D eigenvalue weighted by Crippen LogP contribution is 2.24. The Balaban J connectivity index is 1.80. The number of nitrogens with zero attached hydrogens (tertiary/aromatic N) is 4. The van der Waals surface area contributed by atoms with E-state index in [2.05, 4.69) is 20.4 Å². The summed E-state index contributed by atoms with van der Waals surface area (Å²) in [6.07, 6.45) is 0. The van der Waals surface area contributed by atoms with Gasteiger partial charge in [-0.3, -0.25) is 10.1 Å². The number of nitrogens with one attached hydrogen (secondary N) is 1. The lowest BCUT2D eigenvalue weighted by atomic mass is 10.1. The van der Waals surface area contributed by atoms with Crippen LogP contribution in [0.25, 0.3) is 22.1 Å². The highest BCUT2D eigenvalue weighted by Gasteiger charge is 2.20. The fourth-order valence-corrected chi connectivity index (χ4v) is 3.06. The van der Waals surface area contributed by atoms with E-state index in [1.165, 1.54) is 0 Å². The van der Waals surface area contributed by atoms with E-state index in [0.29, 0.717) is 40.5 Å². The third-order valence-electron chi connectivity index (χ3n) is 4.19. The second-order valence-corrected chi connectivity index (χ2v) is 5.88. The van der Waals surface area contributed by atoms with E-state index in [1.807, 2.05) is 42.7 Å². The third kappa shape index (κ3) is 2.44. The first-order chi connectivity index (χ1) is 12.1. The van der Waals surface area contributed by atoms with Crippen LogP contribution in [0.2, 0.25) is 0 Å². The van der Waals surface area contributed by atoms with Crippen LogP contribution >= 0.6 is 0 Å². The Kier molecular flexibility index (Phi) is 3.49. The summed E-state index contributed by atoms with van der Waals surface area (Å²) in [7, 11) is 0. The number of hydrogen-bond donors (Lipinski definition) is 1. The number of fused-ring (bicyclic) bond motifs is 2. The van der Waals surface area contributed by atoms with Crippen molar-refractivity contribution >= 4 is 34.0 Å². The van der Waals surface area contributed by atoms with Crippen LogP contribution in [0.4, 0.5) is 5.95 Å². The van der Waals surface area contributed by atoms with Gasteiger partial charge in [0, 0.05) is 12.2 Å². The van der Waals surface area contributed by atoms with Crippen LogP contribution in [-0.2, 0) is 6.54 Å². The standard InChI is InChI=1S/C18H17N5O2/c1-4-23-14-8-6-5-7-13(14)20-18(23)21-16(24)12-9-10(2)19-17-15(12)11(3)22-25-17/h5-9H,4H2,1-3H3,(H,20,21,24). The second-order valence-electron chi connectivity index (χ2n) is 5.88. The molecule has 0 unspecified atom stereocenters. The molecule has 1 amide bonds. The summed E-state index contributed by atoms with van der Waals surface area (Å²) < 4.78 is 7.17. The van der Waals surface area contributed by atoms with Crippen molar-refractivity contribution in [3.8, 4) is 0 Å². The number of hydrogen-bond acceptors (Lipinski definition) is 5. The van der Waals surface area contributed by atoms with Gasteiger partial charge in [0.2, 0.25) is 5.95 Å². The Morgan fingerprint density at radius 1 is 1.24 bits per heavy atom. The molecule has 0 fully saturated rings. The first kappa shape index (κ1) is 15.3. The van der Waals surface area contributed by atoms with E-state index in [1.54, 1.807) is 13.0 Å². The number of para-hydroxylation sites is 2. The average Bonchev–Trinajstić information content (AvgIpc) is 3.14. The van der Waals surface area contributed by atoms with Gasteiger partial charge in [-0.15, -0.1) is 0 Å². The number of carbonyl (C=O) groups excluding carboxylic acids is 1. The molecule has 126 valence electrons. The highest BCUT2D eigenvalue weighted by molar-refractivity contribution is 6.12. The zero-order valence-electron chi connectivity index (χ0n) is 14.2. The van der Waals surface area contributed by atoms with E-state index >= 15 is 0 Å². The van der Waals surface area contributed by atoms with Crippen LogP contribution < -0.4 is 5.32 Å². The number of amides is 1. The van der Waals surface area contributed by atoms with E-state index in [0.717, 1.165) is 11.0 Å². The molecule has 7 heteroatoms. The minimum atomic E-state index is -0.258. The summed E-state index contributed by atoms with van der Waals surface area (Å²) in [6, 6.07) is 9.53. The van der Waals surface area contributed by atoms with Gasteiger partial charge in [0.05, 0.1) is 27.7 Å². The van der Waals surface area contributed by atoms with Crippen molar-refractivity contribution in [2.75, 3.05) is 5.32 Å². The molecule has 1 aromatic carbocycles. The van der Waals surface area contributed by atoms with E-state index in [9.17, 15) is 4.79 Å². The third-order valence-corrected chi connectivity index (χ3v) is 4.19. The smallest absolute Gasteiger partial charge is 0.258 e. The molecule has 0 saturated heterocycles. The van der Waals surface area contributed by atoms with Crippen LogP contribution in [0.3, 0.4) is 0 Å². The topological polar surface area (TPSA) is 85.8 Å². The lowest BCUT2D eigenvalue weighted by Gasteiger charge is -2.08. The molecule has 3 heterocycles. The minimum Gasteiger partial charge on any atom is -0.336 e. The van der Waals surface area contributed by atoms with Crippen LogP contribution in [0.5, 0.6) is 0 Å². The molecular weight excluding hydrogens is 318 g/mol. The number of anilines is 1. The van der Waals surface area contributed by atoms with Gasteiger partial charge in [-0.2, -0.15) is 0 Å². The number of benzene rings is 1. The lowest BCUT2D eigenvalue weighted by Crippen LogP contribution is -2.16. The molecule has 0 radical (unpaired) electrons. The van der Waals surface area contributed by atoms with Crippen LogP contribution in [0, 0.1) is 13.8 Å². The Morgan fingerprint density at radius 3 is 2.84 bits per heavy atom. The summed E-state index contributed by atoms with van der Waals surface area (Å²) in [6.45, 7) is 6.33. The first-order valence-corrected chi connectivity index (χ1v) is 8.08. The molecule has 0 saturated carbocycles. The predicted molar refractivity (Wildman–Crippen MR) is 94.6 cm³/mol. The molecule has 0 bridgehead atoms. The molecule has 0 atom stereocenters. The zero-order valence-corrected chi connectivity index (χ0v) is 14.2. The number of pyridine rings is 1. The molecule has 0 spiro atoms. The van der Waals surface area contributed by atoms with Gasteiger partial charge in [-0.25, -0.2) is 9.97 Å². The molecule has 0 aliphatic carbocycles. The van der Waals surface area contributed by atoms with Gasteiger partial charge in [0.1, 0.15) is 0 Å². The van der Waals surface area contributed by atoms with Crippen molar-refractivity contribution in [3.05, 3.63) is 47.3 Å². The molecule has 0 aliphatic rings. The molecule has 1 N–H and O–H groups in total. The maximum atomic E-state index is 12.9. The summed E-state index contributed by atoms with van der Waals surface area (Å²) >= 11 is 0. The van der Waals surface area contributed by atoms with Crippen LogP contribution in [0.1, 0.15) is 28.7 Å². The number of aryl methyl sites for hydroxylation is 3. The van der Waals surface area contributed by atoms with Crippen molar-refractivity contribution in [2.45, 2.75) is 27.3 Å². The van der Waals surface area contributed by atoms with E-state index in [4.69, 9.17) is 4.52 Å². The predicted octanol–water partition coefficient (Wildman–Crippen LogP) is 3.46. The van der Waals surface area contributed by atoms with Crippen molar-refractivity contribution in [1.82, 2.24) is 19.7 Å². The Labute approximate surface area is 143 Å². The molecule has 0 aliphatic heterocycles. The Hall–Kier alpha value is -3.22. The summed E-state index contributed by atoms with van der Waals surface area (Å²) in [4.78, 5) is 21.7. The summed E-state index contributed by atoms with van der Waals surface area (Å²) in [5, 5.41) is 7.46. The highest BCUT2D eigenvalue weighted by atomic mass is 16.5. The average molecular weight is 335 g/mol. The van der Waals surface area contributed by atoms with E-state index < -0.39 is 0 Å². The molecular formula is C18H17N5O2. The van der Waals surface area contributed by atoms with E-state index in [-0.39, 0.29) is 5.91 Å².